The number of alkyl halides is 1. The Morgan fingerprint density at radius 2 is 2.20 bits per heavy atom. The standard InChI is InChI=1S/C14H16ClNO4/c15-10-6-16(12-11(17)8-19-13(10)12)14(18)20-7-9-4-2-1-3-5-9/h1-5,10-13,17H,6-8H2. The minimum absolute atomic E-state index is 0.206. The Kier molecular flexibility index (Phi) is 3.83. The second kappa shape index (κ2) is 5.60. The van der Waals surface area contributed by atoms with Gasteiger partial charge in [-0.3, -0.25) is 4.90 Å². The Hall–Kier alpha value is -1.30. The van der Waals surface area contributed by atoms with Crippen LogP contribution in [-0.2, 0) is 16.1 Å². The third kappa shape index (κ3) is 2.49. The van der Waals surface area contributed by atoms with Crippen molar-refractivity contribution in [3.8, 4) is 0 Å². The van der Waals surface area contributed by atoms with E-state index in [1.165, 1.54) is 4.90 Å². The lowest BCUT2D eigenvalue weighted by Gasteiger charge is -2.24. The van der Waals surface area contributed by atoms with Crippen LogP contribution in [0.25, 0.3) is 0 Å². The maximum Gasteiger partial charge on any atom is 0.410 e. The molecule has 2 aliphatic heterocycles. The van der Waals surface area contributed by atoms with Gasteiger partial charge in [-0.15, -0.1) is 11.6 Å². The number of aliphatic hydroxyl groups excluding tert-OH is 1. The molecule has 20 heavy (non-hydrogen) atoms. The van der Waals surface area contributed by atoms with Crippen molar-refractivity contribution < 1.29 is 19.4 Å². The van der Waals surface area contributed by atoms with E-state index in [0.29, 0.717) is 6.54 Å². The van der Waals surface area contributed by atoms with E-state index in [9.17, 15) is 9.90 Å². The Bertz CT molecular complexity index is 483. The summed E-state index contributed by atoms with van der Waals surface area (Å²) in [7, 11) is 0. The van der Waals surface area contributed by atoms with Crippen molar-refractivity contribution in [1.29, 1.82) is 0 Å². The van der Waals surface area contributed by atoms with Crippen LogP contribution in [0.1, 0.15) is 5.56 Å². The summed E-state index contributed by atoms with van der Waals surface area (Å²) in [6.45, 7) is 0.750. The van der Waals surface area contributed by atoms with Crippen LogP contribution in [-0.4, -0.2) is 52.9 Å². The molecular weight excluding hydrogens is 282 g/mol. The minimum Gasteiger partial charge on any atom is -0.445 e. The first-order valence-electron chi connectivity index (χ1n) is 6.58. The van der Waals surface area contributed by atoms with Gasteiger partial charge in [0, 0.05) is 6.54 Å². The summed E-state index contributed by atoms with van der Waals surface area (Å²) in [6, 6.07) is 9.05. The highest BCUT2D eigenvalue weighted by Gasteiger charge is 2.52. The van der Waals surface area contributed by atoms with E-state index in [0.717, 1.165) is 5.56 Å². The fraction of sp³-hybridized carbons (Fsp3) is 0.500. The first-order chi connectivity index (χ1) is 9.66. The number of carbonyl (C=O) groups is 1. The topological polar surface area (TPSA) is 59.0 Å². The molecule has 1 aromatic rings. The highest BCUT2D eigenvalue weighted by atomic mass is 35.5. The highest BCUT2D eigenvalue weighted by Crippen LogP contribution is 2.33. The zero-order valence-corrected chi connectivity index (χ0v) is 11.6. The van der Waals surface area contributed by atoms with Crippen molar-refractivity contribution in [2.24, 2.45) is 0 Å². The van der Waals surface area contributed by atoms with Crippen LogP contribution in [0.4, 0.5) is 4.79 Å². The third-order valence-electron chi connectivity index (χ3n) is 3.72. The third-order valence-corrected chi connectivity index (χ3v) is 4.10. The SMILES string of the molecule is O=C(OCc1ccccc1)N1CC(Cl)C2OCC(O)C21. The maximum atomic E-state index is 12.1. The van der Waals surface area contributed by atoms with E-state index in [2.05, 4.69) is 0 Å². The lowest BCUT2D eigenvalue weighted by molar-refractivity contribution is 0.0603. The molecule has 1 aromatic carbocycles. The molecule has 2 aliphatic rings. The largest absolute Gasteiger partial charge is 0.445 e. The summed E-state index contributed by atoms with van der Waals surface area (Å²) in [5.74, 6) is 0. The number of ether oxygens (including phenoxy) is 2. The zero-order chi connectivity index (χ0) is 14.1. The quantitative estimate of drug-likeness (QED) is 0.838. The van der Waals surface area contributed by atoms with E-state index in [-0.39, 0.29) is 24.7 Å². The van der Waals surface area contributed by atoms with Gasteiger partial charge in [0.25, 0.3) is 0 Å². The molecule has 1 amide bonds. The zero-order valence-electron chi connectivity index (χ0n) is 10.8. The van der Waals surface area contributed by atoms with Gasteiger partial charge in [0.05, 0.1) is 24.1 Å². The average molecular weight is 298 g/mol. The highest BCUT2D eigenvalue weighted by molar-refractivity contribution is 6.21. The number of rotatable bonds is 2. The van der Waals surface area contributed by atoms with Gasteiger partial charge in [-0.1, -0.05) is 30.3 Å². The van der Waals surface area contributed by atoms with Crippen LogP contribution >= 0.6 is 11.6 Å². The van der Waals surface area contributed by atoms with Crippen LogP contribution in [0.2, 0.25) is 0 Å². The molecule has 108 valence electrons. The molecule has 4 atom stereocenters. The fourth-order valence-electron chi connectivity index (χ4n) is 2.74. The van der Waals surface area contributed by atoms with Gasteiger partial charge in [0.15, 0.2) is 0 Å². The van der Waals surface area contributed by atoms with E-state index in [1.807, 2.05) is 30.3 Å². The van der Waals surface area contributed by atoms with Crippen LogP contribution in [0.5, 0.6) is 0 Å². The van der Waals surface area contributed by atoms with Gasteiger partial charge in [-0.25, -0.2) is 4.79 Å². The molecule has 2 fully saturated rings. The lowest BCUT2D eigenvalue weighted by atomic mass is 10.1. The van der Waals surface area contributed by atoms with Crippen LogP contribution in [0, 0.1) is 0 Å². The van der Waals surface area contributed by atoms with Crippen LogP contribution in [0.3, 0.4) is 0 Å². The van der Waals surface area contributed by atoms with Crippen molar-refractivity contribution in [3.63, 3.8) is 0 Å². The van der Waals surface area contributed by atoms with Crippen molar-refractivity contribution in [2.45, 2.75) is 30.2 Å². The van der Waals surface area contributed by atoms with Crippen molar-refractivity contribution >= 4 is 17.7 Å². The number of aliphatic hydroxyl groups is 1. The summed E-state index contributed by atoms with van der Waals surface area (Å²) in [5.41, 5.74) is 0.919. The molecular formula is C14H16ClNO4. The molecule has 0 bridgehead atoms. The number of nitrogens with zero attached hydrogens (tertiary/aromatic N) is 1. The second-order valence-corrected chi connectivity index (χ2v) is 5.63. The van der Waals surface area contributed by atoms with E-state index >= 15 is 0 Å². The molecule has 3 rings (SSSR count). The molecule has 0 aliphatic carbocycles. The smallest absolute Gasteiger partial charge is 0.410 e. The maximum absolute atomic E-state index is 12.1. The number of amides is 1. The molecule has 1 N–H and O–H groups in total. The van der Waals surface area contributed by atoms with E-state index in [4.69, 9.17) is 21.1 Å². The number of hydrogen-bond donors (Lipinski definition) is 1. The molecule has 0 spiro atoms. The molecule has 2 heterocycles. The van der Waals surface area contributed by atoms with E-state index in [1.54, 1.807) is 0 Å². The summed E-state index contributed by atoms with van der Waals surface area (Å²) in [5, 5.41) is 9.58. The minimum atomic E-state index is -0.701. The van der Waals surface area contributed by atoms with Gasteiger partial charge in [0.1, 0.15) is 12.7 Å². The number of carbonyl (C=O) groups excluding carboxylic acids is 1. The van der Waals surface area contributed by atoms with Crippen LogP contribution < -0.4 is 0 Å². The van der Waals surface area contributed by atoms with E-state index < -0.39 is 18.2 Å². The fourth-order valence-corrected chi connectivity index (χ4v) is 3.11. The number of fused-ring (bicyclic) bond motifs is 1. The number of hydrogen-bond acceptors (Lipinski definition) is 4. The van der Waals surface area contributed by atoms with Gasteiger partial charge >= 0.3 is 6.09 Å². The van der Waals surface area contributed by atoms with Crippen molar-refractivity contribution in [1.82, 2.24) is 4.90 Å². The van der Waals surface area contributed by atoms with Crippen LogP contribution in [0.15, 0.2) is 30.3 Å². The summed E-state index contributed by atoms with van der Waals surface area (Å²) in [4.78, 5) is 13.6. The summed E-state index contributed by atoms with van der Waals surface area (Å²) in [6.07, 6.45) is -1.47. The number of benzene rings is 1. The van der Waals surface area contributed by atoms with Gasteiger partial charge in [0.2, 0.25) is 0 Å². The first-order valence-corrected chi connectivity index (χ1v) is 7.01. The first kappa shape index (κ1) is 13.7. The summed E-state index contributed by atoms with van der Waals surface area (Å²) < 4.78 is 10.7. The molecule has 0 aromatic heterocycles. The Morgan fingerprint density at radius 3 is 2.95 bits per heavy atom. The summed E-state index contributed by atoms with van der Waals surface area (Å²) >= 11 is 6.15. The molecule has 2 saturated heterocycles. The molecule has 6 heteroatoms. The Balaban J connectivity index is 1.62. The predicted octanol–water partition coefficient (Wildman–Crippen LogP) is 1.37. The van der Waals surface area contributed by atoms with Crippen molar-refractivity contribution in [2.75, 3.05) is 13.2 Å². The number of halogens is 1. The predicted molar refractivity (Wildman–Crippen MR) is 72.5 cm³/mol. The Labute approximate surface area is 122 Å². The molecule has 5 nitrogen and oxygen atoms in total. The number of likely N-dealkylation sites (tertiary alicyclic amines) is 1. The molecule has 4 unspecified atom stereocenters. The molecule has 0 radical (unpaired) electrons. The van der Waals surface area contributed by atoms with Crippen molar-refractivity contribution in [3.05, 3.63) is 35.9 Å². The molecule has 0 saturated carbocycles. The van der Waals surface area contributed by atoms with Gasteiger partial charge < -0.3 is 14.6 Å². The average Bonchev–Trinajstić information content (AvgIpc) is 3.00. The van der Waals surface area contributed by atoms with Gasteiger partial charge in [-0.05, 0) is 5.56 Å². The second-order valence-electron chi connectivity index (χ2n) is 5.06. The monoisotopic (exact) mass is 297 g/mol. The normalized spacial score (nSPS) is 32.2. The Morgan fingerprint density at radius 1 is 1.45 bits per heavy atom. The van der Waals surface area contributed by atoms with Gasteiger partial charge in [-0.2, -0.15) is 0 Å². The lowest BCUT2D eigenvalue weighted by Crippen LogP contribution is -2.44.